The highest BCUT2D eigenvalue weighted by Gasteiger charge is 2.28. The third kappa shape index (κ3) is 6.79. The van der Waals surface area contributed by atoms with Crippen molar-refractivity contribution in [1.82, 2.24) is 4.90 Å². The van der Waals surface area contributed by atoms with E-state index in [0.717, 1.165) is 25.7 Å². The highest BCUT2D eigenvalue weighted by atomic mass is 35.5. The van der Waals surface area contributed by atoms with Crippen LogP contribution in [0, 0.1) is 0 Å². The standard InChI is InChI=1S/C13H21ClF3NO2/c14-7-8-18(11-4-2-1-3-5-11)12(19)6-9-20-10-13(15,16)17/h11H,1-10H2. The molecule has 0 saturated heterocycles. The molecule has 0 aromatic carbocycles. The van der Waals surface area contributed by atoms with Gasteiger partial charge < -0.3 is 9.64 Å². The molecular weight excluding hydrogens is 295 g/mol. The molecule has 0 N–H and O–H groups in total. The fourth-order valence-corrected chi connectivity index (χ4v) is 2.67. The maximum Gasteiger partial charge on any atom is 0.411 e. The number of alkyl halides is 4. The molecular formula is C13H21ClF3NO2. The van der Waals surface area contributed by atoms with Gasteiger partial charge in [0.1, 0.15) is 6.61 Å². The lowest BCUT2D eigenvalue weighted by molar-refractivity contribution is -0.175. The molecule has 1 aliphatic rings. The Balaban J connectivity index is 2.35. The van der Waals surface area contributed by atoms with Gasteiger partial charge in [0.2, 0.25) is 5.91 Å². The van der Waals surface area contributed by atoms with Crippen LogP contribution in [0.1, 0.15) is 38.5 Å². The van der Waals surface area contributed by atoms with Crippen LogP contribution >= 0.6 is 11.6 Å². The van der Waals surface area contributed by atoms with Crippen molar-refractivity contribution < 1.29 is 22.7 Å². The third-order valence-electron chi connectivity index (χ3n) is 3.39. The van der Waals surface area contributed by atoms with Crippen molar-refractivity contribution in [2.75, 3.05) is 25.6 Å². The fraction of sp³-hybridized carbons (Fsp3) is 0.923. The van der Waals surface area contributed by atoms with E-state index in [0.29, 0.717) is 12.4 Å². The van der Waals surface area contributed by atoms with Gasteiger partial charge in [-0.05, 0) is 12.8 Å². The van der Waals surface area contributed by atoms with E-state index in [9.17, 15) is 18.0 Å². The summed E-state index contributed by atoms with van der Waals surface area (Å²) < 4.78 is 40.2. The largest absolute Gasteiger partial charge is 0.411 e. The van der Waals surface area contributed by atoms with Crippen LogP contribution in [0.4, 0.5) is 13.2 Å². The van der Waals surface area contributed by atoms with Gasteiger partial charge in [-0.15, -0.1) is 11.6 Å². The highest BCUT2D eigenvalue weighted by molar-refractivity contribution is 6.18. The first-order valence-corrected chi connectivity index (χ1v) is 7.47. The first-order valence-electron chi connectivity index (χ1n) is 6.94. The molecule has 0 atom stereocenters. The number of nitrogens with zero attached hydrogens (tertiary/aromatic N) is 1. The zero-order chi connectivity index (χ0) is 15.0. The van der Waals surface area contributed by atoms with Crippen LogP contribution in [0.3, 0.4) is 0 Å². The summed E-state index contributed by atoms with van der Waals surface area (Å²) in [5.74, 6) is 0.172. The van der Waals surface area contributed by atoms with Crippen molar-refractivity contribution in [3.63, 3.8) is 0 Å². The average molecular weight is 316 g/mol. The van der Waals surface area contributed by atoms with E-state index in [1.54, 1.807) is 4.90 Å². The Bertz CT molecular complexity index is 294. The van der Waals surface area contributed by atoms with Crippen LogP contribution < -0.4 is 0 Å². The van der Waals surface area contributed by atoms with Crippen LogP contribution in [0.5, 0.6) is 0 Å². The number of hydrogen-bond acceptors (Lipinski definition) is 2. The van der Waals surface area contributed by atoms with Gasteiger partial charge in [0.25, 0.3) is 0 Å². The monoisotopic (exact) mass is 315 g/mol. The molecule has 1 aliphatic carbocycles. The van der Waals surface area contributed by atoms with Gasteiger partial charge in [-0.2, -0.15) is 13.2 Å². The summed E-state index contributed by atoms with van der Waals surface area (Å²) in [4.78, 5) is 13.8. The topological polar surface area (TPSA) is 29.5 Å². The lowest BCUT2D eigenvalue weighted by Gasteiger charge is -2.34. The molecule has 1 amide bonds. The summed E-state index contributed by atoms with van der Waals surface area (Å²) in [5.41, 5.74) is 0. The minimum atomic E-state index is -4.34. The van der Waals surface area contributed by atoms with E-state index in [4.69, 9.17) is 11.6 Å². The van der Waals surface area contributed by atoms with E-state index in [1.807, 2.05) is 0 Å². The first kappa shape index (κ1) is 17.6. The smallest absolute Gasteiger partial charge is 0.372 e. The van der Waals surface area contributed by atoms with E-state index < -0.39 is 12.8 Å². The molecule has 3 nitrogen and oxygen atoms in total. The quantitative estimate of drug-likeness (QED) is 0.532. The fourth-order valence-electron chi connectivity index (χ4n) is 2.49. The molecule has 0 radical (unpaired) electrons. The SMILES string of the molecule is O=C(CCOCC(F)(F)F)N(CCCl)C1CCCCC1. The van der Waals surface area contributed by atoms with Crippen LogP contribution in [-0.2, 0) is 9.53 Å². The lowest BCUT2D eigenvalue weighted by Crippen LogP contribution is -2.43. The zero-order valence-electron chi connectivity index (χ0n) is 11.4. The number of hydrogen-bond donors (Lipinski definition) is 0. The Morgan fingerprint density at radius 1 is 1.25 bits per heavy atom. The normalized spacial score (nSPS) is 17.2. The van der Waals surface area contributed by atoms with Crippen molar-refractivity contribution in [3.05, 3.63) is 0 Å². The lowest BCUT2D eigenvalue weighted by atomic mass is 9.94. The summed E-state index contributed by atoms with van der Waals surface area (Å²) in [7, 11) is 0. The molecule has 1 saturated carbocycles. The molecule has 0 aliphatic heterocycles. The molecule has 118 valence electrons. The Labute approximate surface area is 122 Å². The summed E-state index contributed by atoms with van der Waals surface area (Å²) in [6.07, 6.45) is 0.875. The first-order chi connectivity index (χ1) is 9.44. The van der Waals surface area contributed by atoms with E-state index in [1.165, 1.54) is 6.42 Å². The van der Waals surface area contributed by atoms with Gasteiger partial charge in [0.15, 0.2) is 0 Å². The molecule has 1 fully saturated rings. The van der Waals surface area contributed by atoms with Crippen LogP contribution in [0.2, 0.25) is 0 Å². The molecule has 0 unspecified atom stereocenters. The average Bonchev–Trinajstić information content (AvgIpc) is 2.40. The van der Waals surface area contributed by atoms with E-state index >= 15 is 0 Å². The second-order valence-corrected chi connectivity index (χ2v) is 5.36. The van der Waals surface area contributed by atoms with Crippen molar-refractivity contribution in [1.29, 1.82) is 0 Å². The van der Waals surface area contributed by atoms with Gasteiger partial charge in [-0.25, -0.2) is 0 Å². The molecule has 0 aromatic rings. The van der Waals surface area contributed by atoms with Gasteiger partial charge >= 0.3 is 6.18 Å². The highest BCUT2D eigenvalue weighted by Crippen LogP contribution is 2.23. The van der Waals surface area contributed by atoms with E-state index in [2.05, 4.69) is 4.74 Å². The van der Waals surface area contributed by atoms with Gasteiger partial charge in [0.05, 0.1) is 13.0 Å². The van der Waals surface area contributed by atoms with Crippen molar-refractivity contribution in [3.8, 4) is 0 Å². The number of carbonyl (C=O) groups is 1. The van der Waals surface area contributed by atoms with Crippen molar-refractivity contribution >= 4 is 17.5 Å². The van der Waals surface area contributed by atoms with Crippen LogP contribution in [0.25, 0.3) is 0 Å². The Morgan fingerprint density at radius 2 is 1.90 bits per heavy atom. The summed E-state index contributed by atoms with van der Waals surface area (Å²) in [6.45, 7) is -1.06. The van der Waals surface area contributed by atoms with Crippen LogP contribution in [0.15, 0.2) is 0 Å². The number of halogens is 4. The number of rotatable bonds is 7. The molecule has 20 heavy (non-hydrogen) atoms. The summed E-state index contributed by atoms with van der Waals surface area (Å²) >= 11 is 5.71. The Hall–Kier alpha value is -0.490. The second kappa shape index (κ2) is 8.72. The van der Waals surface area contributed by atoms with Crippen molar-refractivity contribution in [2.24, 2.45) is 0 Å². The summed E-state index contributed by atoms with van der Waals surface area (Å²) in [6, 6.07) is 0.178. The molecule has 0 aromatic heterocycles. The Kier molecular flexibility index (Phi) is 7.66. The van der Waals surface area contributed by atoms with Gasteiger partial charge in [-0.1, -0.05) is 19.3 Å². The second-order valence-electron chi connectivity index (χ2n) is 4.99. The molecule has 0 spiro atoms. The third-order valence-corrected chi connectivity index (χ3v) is 3.56. The molecule has 1 rings (SSSR count). The molecule has 0 bridgehead atoms. The molecule has 7 heteroatoms. The minimum Gasteiger partial charge on any atom is -0.372 e. The summed E-state index contributed by atoms with van der Waals surface area (Å²) in [5, 5.41) is 0. The maximum atomic E-state index is 12.1. The van der Waals surface area contributed by atoms with Crippen LogP contribution in [-0.4, -0.2) is 48.7 Å². The molecule has 0 heterocycles. The minimum absolute atomic E-state index is 0.0243. The van der Waals surface area contributed by atoms with Gasteiger partial charge in [-0.3, -0.25) is 4.79 Å². The number of ether oxygens (including phenoxy) is 1. The van der Waals surface area contributed by atoms with Gasteiger partial charge in [0, 0.05) is 18.5 Å². The van der Waals surface area contributed by atoms with Crippen molar-refractivity contribution in [2.45, 2.75) is 50.7 Å². The number of amides is 1. The van der Waals surface area contributed by atoms with E-state index in [-0.39, 0.29) is 25.0 Å². The maximum absolute atomic E-state index is 12.1. The zero-order valence-corrected chi connectivity index (χ0v) is 12.2. The predicted molar refractivity (Wildman–Crippen MR) is 70.8 cm³/mol. The predicted octanol–water partition coefficient (Wildman–Crippen LogP) is 3.36. The number of carbonyl (C=O) groups excluding carboxylic acids is 1. The Morgan fingerprint density at radius 3 is 2.45 bits per heavy atom.